The Hall–Kier alpha value is -1.76. The molecule has 0 aliphatic rings. The molecule has 0 fully saturated rings. The minimum atomic E-state index is -1.08. The number of hydrogen-bond donors (Lipinski definition) is 1. The summed E-state index contributed by atoms with van der Waals surface area (Å²) in [7, 11) is 0. The molecule has 0 saturated carbocycles. The van der Waals surface area contributed by atoms with Crippen molar-refractivity contribution < 1.29 is 9.90 Å². The first-order valence-corrected chi connectivity index (χ1v) is 4.53. The van der Waals surface area contributed by atoms with Crippen LogP contribution in [0, 0.1) is 6.92 Å². The number of aromatic carboxylic acids is 1. The molecular weight excluding hydrogens is 204 g/mol. The molecule has 2 aromatic heterocycles. The van der Waals surface area contributed by atoms with Crippen LogP contribution in [-0.4, -0.2) is 30.0 Å². The molecule has 14 heavy (non-hydrogen) atoms. The Labute approximate surface area is 83.0 Å². The molecule has 2 heterocycles. The Morgan fingerprint density at radius 3 is 3.00 bits per heavy atom. The predicted octanol–water partition coefficient (Wildman–Crippen LogP) is 0.730. The van der Waals surface area contributed by atoms with Crippen LogP contribution in [0.2, 0.25) is 0 Å². The molecule has 0 unspecified atom stereocenters. The number of aryl methyl sites for hydroxylation is 1. The standard InChI is InChI=1S/C7H6N4O2S/c1-4-9-7(14-10-4)11-3-2-8-5(11)6(12)13/h2-3H,1H3,(H,12,13). The van der Waals surface area contributed by atoms with Crippen LogP contribution in [0.25, 0.3) is 5.13 Å². The van der Waals surface area contributed by atoms with Crippen LogP contribution in [0.15, 0.2) is 12.4 Å². The quantitative estimate of drug-likeness (QED) is 0.790. The molecule has 0 amide bonds. The molecule has 0 bridgehead atoms. The lowest BCUT2D eigenvalue weighted by molar-refractivity contribution is 0.0681. The minimum absolute atomic E-state index is 0.0545. The molecule has 6 nitrogen and oxygen atoms in total. The summed E-state index contributed by atoms with van der Waals surface area (Å²) in [5, 5.41) is 9.31. The van der Waals surface area contributed by atoms with E-state index in [0.717, 1.165) is 11.5 Å². The van der Waals surface area contributed by atoms with Gasteiger partial charge in [-0.2, -0.15) is 4.37 Å². The topological polar surface area (TPSA) is 80.9 Å². The SMILES string of the molecule is Cc1nsc(-n2ccnc2C(=O)O)n1. The van der Waals surface area contributed by atoms with Gasteiger partial charge in [0.2, 0.25) is 11.0 Å². The third kappa shape index (κ3) is 1.37. The number of carbonyl (C=O) groups is 1. The van der Waals surface area contributed by atoms with E-state index in [4.69, 9.17) is 5.11 Å². The second kappa shape index (κ2) is 3.18. The van der Waals surface area contributed by atoms with E-state index in [2.05, 4.69) is 14.3 Å². The highest BCUT2D eigenvalue weighted by molar-refractivity contribution is 7.08. The lowest BCUT2D eigenvalue weighted by Gasteiger charge is -1.97. The molecule has 0 aromatic carbocycles. The van der Waals surface area contributed by atoms with Gasteiger partial charge in [-0.05, 0) is 6.92 Å². The van der Waals surface area contributed by atoms with Crippen LogP contribution in [0.4, 0.5) is 0 Å². The number of imidazole rings is 1. The summed E-state index contributed by atoms with van der Waals surface area (Å²) >= 11 is 1.14. The molecule has 0 atom stereocenters. The van der Waals surface area contributed by atoms with E-state index in [1.54, 1.807) is 13.1 Å². The molecule has 0 saturated heterocycles. The zero-order valence-electron chi connectivity index (χ0n) is 7.21. The van der Waals surface area contributed by atoms with Crippen molar-refractivity contribution in [3.8, 4) is 5.13 Å². The molecule has 0 aliphatic carbocycles. The van der Waals surface area contributed by atoms with Crippen molar-refractivity contribution in [1.82, 2.24) is 18.9 Å². The Balaban J connectivity index is 2.51. The molecule has 72 valence electrons. The molecule has 7 heteroatoms. The lowest BCUT2D eigenvalue weighted by atomic mass is 10.6. The van der Waals surface area contributed by atoms with Gasteiger partial charge in [-0.15, -0.1) is 0 Å². The average Bonchev–Trinajstić information content (AvgIpc) is 2.70. The second-order valence-corrected chi connectivity index (χ2v) is 3.28. The summed E-state index contributed by atoms with van der Waals surface area (Å²) in [5.74, 6) is -0.515. The van der Waals surface area contributed by atoms with Gasteiger partial charge in [-0.3, -0.25) is 4.57 Å². The van der Waals surface area contributed by atoms with Gasteiger partial charge in [0.25, 0.3) is 0 Å². The highest BCUT2D eigenvalue weighted by Gasteiger charge is 2.14. The van der Waals surface area contributed by atoms with Gasteiger partial charge < -0.3 is 5.11 Å². The highest BCUT2D eigenvalue weighted by Crippen LogP contribution is 2.12. The van der Waals surface area contributed by atoms with Gasteiger partial charge in [0.05, 0.1) is 0 Å². The van der Waals surface area contributed by atoms with Crippen molar-refractivity contribution in [3.63, 3.8) is 0 Å². The highest BCUT2D eigenvalue weighted by atomic mass is 32.1. The molecule has 0 radical (unpaired) electrons. The zero-order chi connectivity index (χ0) is 10.1. The summed E-state index contributed by atoms with van der Waals surface area (Å²) in [6.07, 6.45) is 2.96. The number of aromatic nitrogens is 4. The van der Waals surface area contributed by atoms with Crippen LogP contribution in [-0.2, 0) is 0 Å². The second-order valence-electron chi connectivity index (χ2n) is 2.55. The number of hydrogen-bond acceptors (Lipinski definition) is 5. The summed E-state index contributed by atoms with van der Waals surface area (Å²) < 4.78 is 5.36. The maximum atomic E-state index is 10.7. The monoisotopic (exact) mass is 210 g/mol. The van der Waals surface area contributed by atoms with Crippen molar-refractivity contribution in [3.05, 3.63) is 24.0 Å². The average molecular weight is 210 g/mol. The summed E-state index contributed by atoms with van der Waals surface area (Å²) in [4.78, 5) is 18.5. The first kappa shape index (κ1) is 8.82. The third-order valence-corrected chi connectivity index (χ3v) is 2.36. The van der Waals surface area contributed by atoms with Gasteiger partial charge in [0, 0.05) is 23.9 Å². The Bertz CT molecular complexity index is 475. The molecule has 1 N–H and O–H groups in total. The van der Waals surface area contributed by atoms with Crippen LogP contribution in [0.1, 0.15) is 16.4 Å². The fourth-order valence-electron chi connectivity index (χ4n) is 1.000. The molecule has 0 spiro atoms. The minimum Gasteiger partial charge on any atom is -0.475 e. The number of carboxylic acids is 1. The maximum Gasteiger partial charge on any atom is 0.372 e. The molecule has 2 rings (SSSR count). The van der Waals surface area contributed by atoms with E-state index >= 15 is 0 Å². The van der Waals surface area contributed by atoms with Crippen LogP contribution in [0.3, 0.4) is 0 Å². The molecular formula is C7H6N4O2S. The summed E-state index contributed by atoms with van der Waals surface area (Å²) in [6, 6.07) is 0. The summed E-state index contributed by atoms with van der Waals surface area (Å²) in [5.41, 5.74) is 0. The number of rotatable bonds is 2. The number of nitrogens with zero attached hydrogens (tertiary/aromatic N) is 4. The van der Waals surface area contributed by atoms with E-state index in [-0.39, 0.29) is 5.82 Å². The van der Waals surface area contributed by atoms with Gasteiger partial charge in [0.15, 0.2) is 0 Å². The molecule has 2 aromatic rings. The van der Waals surface area contributed by atoms with Crippen LogP contribution in [0.5, 0.6) is 0 Å². The normalized spacial score (nSPS) is 10.4. The van der Waals surface area contributed by atoms with Crippen LogP contribution < -0.4 is 0 Å². The summed E-state index contributed by atoms with van der Waals surface area (Å²) in [6.45, 7) is 1.75. The molecule has 0 aliphatic heterocycles. The number of carboxylic acid groups (broad SMARTS) is 1. The van der Waals surface area contributed by atoms with Gasteiger partial charge in [-0.1, -0.05) is 0 Å². The largest absolute Gasteiger partial charge is 0.475 e. The Morgan fingerprint density at radius 1 is 1.64 bits per heavy atom. The van der Waals surface area contributed by atoms with E-state index in [0.29, 0.717) is 11.0 Å². The zero-order valence-corrected chi connectivity index (χ0v) is 8.02. The van der Waals surface area contributed by atoms with Crippen LogP contribution >= 0.6 is 11.5 Å². The lowest BCUT2D eigenvalue weighted by Crippen LogP contribution is -2.07. The van der Waals surface area contributed by atoms with Crippen molar-refractivity contribution in [1.29, 1.82) is 0 Å². The van der Waals surface area contributed by atoms with Crippen molar-refractivity contribution >= 4 is 17.5 Å². The smallest absolute Gasteiger partial charge is 0.372 e. The fourth-order valence-corrected chi connectivity index (χ4v) is 1.66. The van der Waals surface area contributed by atoms with E-state index in [1.165, 1.54) is 10.8 Å². The fraction of sp³-hybridized carbons (Fsp3) is 0.143. The van der Waals surface area contributed by atoms with Gasteiger partial charge in [-0.25, -0.2) is 14.8 Å². The third-order valence-electron chi connectivity index (χ3n) is 1.55. The van der Waals surface area contributed by atoms with E-state index in [9.17, 15) is 4.79 Å². The predicted molar refractivity (Wildman–Crippen MR) is 48.7 cm³/mol. The maximum absolute atomic E-state index is 10.7. The first-order chi connectivity index (χ1) is 6.68. The Kier molecular flexibility index (Phi) is 2.01. The van der Waals surface area contributed by atoms with Crippen molar-refractivity contribution in [2.75, 3.05) is 0 Å². The van der Waals surface area contributed by atoms with Gasteiger partial charge in [0.1, 0.15) is 5.82 Å². The van der Waals surface area contributed by atoms with E-state index < -0.39 is 5.97 Å². The van der Waals surface area contributed by atoms with Crippen molar-refractivity contribution in [2.45, 2.75) is 6.92 Å². The Morgan fingerprint density at radius 2 is 2.43 bits per heavy atom. The van der Waals surface area contributed by atoms with E-state index in [1.807, 2.05) is 0 Å². The first-order valence-electron chi connectivity index (χ1n) is 3.76. The van der Waals surface area contributed by atoms with Crippen molar-refractivity contribution in [2.24, 2.45) is 0 Å². The van der Waals surface area contributed by atoms with Gasteiger partial charge >= 0.3 is 5.97 Å².